The molecule has 14 heteroatoms. The number of sulfonamides is 1. The number of hydrogen-bond acceptors (Lipinski definition) is 7. The largest absolute Gasteiger partial charge is 0.354 e. The van der Waals surface area contributed by atoms with Crippen LogP contribution in [0.4, 0.5) is 14.6 Å². The van der Waals surface area contributed by atoms with Crippen LogP contribution in [-0.2, 0) is 14.8 Å². The third kappa shape index (κ3) is 5.07. The number of pyridine rings is 1. The first-order valence-corrected chi connectivity index (χ1v) is 14.2. The molecule has 5 rings (SSSR count). The second kappa shape index (κ2) is 10.7. The van der Waals surface area contributed by atoms with Crippen molar-refractivity contribution in [3.63, 3.8) is 0 Å². The summed E-state index contributed by atoms with van der Waals surface area (Å²) < 4.78 is 56.4. The molecule has 2 N–H and O–H groups in total. The number of rotatable bonds is 5. The van der Waals surface area contributed by atoms with Gasteiger partial charge in [0, 0.05) is 48.4 Å². The van der Waals surface area contributed by atoms with Crippen molar-refractivity contribution in [2.24, 2.45) is 5.14 Å². The number of primary sulfonamides is 1. The zero-order chi connectivity index (χ0) is 29.6. The maximum absolute atomic E-state index is 15.8. The molecule has 0 spiro atoms. The van der Waals surface area contributed by atoms with E-state index >= 15 is 4.39 Å². The van der Waals surface area contributed by atoms with E-state index in [1.165, 1.54) is 42.6 Å². The van der Waals surface area contributed by atoms with Crippen molar-refractivity contribution >= 4 is 44.3 Å². The third-order valence-corrected chi connectivity index (χ3v) is 8.01. The van der Waals surface area contributed by atoms with Gasteiger partial charge in [-0.2, -0.15) is 4.98 Å². The van der Waals surface area contributed by atoms with Crippen LogP contribution >= 0.6 is 11.6 Å². The summed E-state index contributed by atoms with van der Waals surface area (Å²) in [6, 6.07) is 8.52. The molecule has 1 saturated heterocycles. The number of piperazine rings is 1. The monoisotopic (exact) mass is 600 g/mol. The summed E-state index contributed by atoms with van der Waals surface area (Å²) in [6.45, 7) is 6.14. The van der Waals surface area contributed by atoms with Gasteiger partial charge in [0.05, 0.1) is 16.2 Å². The molecule has 0 unspecified atom stereocenters. The second-order valence-electron chi connectivity index (χ2n) is 9.40. The first kappa shape index (κ1) is 28.3. The lowest BCUT2D eigenvalue weighted by Gasteiger charge is -2.40. The molecule has 2 aromatic carbocycles. The summed E-state index contributed by atoms with van der Waals surface area (Å²) in [5, 5.41) is 4.82. The van der Waals surface area contributed by atoms with Crippen LogP contribution in [-0.4, -0.2) is 59.4 Å². The molecular weight excluding hydrogens is 578 g/mol. The van der Waals surface area contributed by atoms with Gasteiger partial charge in [-0.05, 0) is 49.4 Å². The average Bonchev–Trinajstić information content (AvgIpc) is 2.92. The number of nitrogens with two attached hydrogens (primary N) is 1. The minimum atomic E-state index is -4.42. The molecule has 41 heavy (non-hydrogen) atoms. The number of halogens is 3. The van der Waals surface area contributed by atoms with E-state index in [2.05, 4.69) is 16.5 Å². The third-order valence-electron chi connectivity index (χ3n) is 6.84. The summed E-state index contributed by atoms with van der Waals surface area (Å²) in [6.07, 6.45) is 2.40. The molecule has 3 heterocycles. The summed E-state index contributed by atoms with van der Waals surface area (Å²) >= 11 is 6.24. The predicted octanol–water partition coefficient (Wildman–Crippen LogP) is 3.25. The SMILES string of the molecule is C=CC(=O)N1CCN(c2nc(=O)n(-c3cccnc3S(N)(=O)=O)c3cc(-c4c(F)cccc4Cl)c(F)cc23)[C@@H](C)C1. The number of nitrogens with zero attached hydrogens (tertiary/aromatic N) is 5. The Labute approximate surface area is 238 Å². The predicted molar refractivity (Wildman–Crippen MR) is 150 cm³/mol. The van der Waals surface area contributed by atoms with E-state index in [0.29, 0.717) is 0 Å². The highest BCUT2D eigenvalue weighted by Gasteiger charge is 2.30. The summed E-state index contributed by atoms with van der Waals surface area (Å²) in [5.74, 6) is -1.81. The van der Waals surface area contributed by atoms with E-state index in [1.807, 2.05) is 6.92 Å². The van der Waals surface area contributed by atoms with Gasteiger partial charge in [-0.15, -0.1) is 0 Å². The maximum Gasteiger partial charge on any atom is 0.354 e. The second-order valence-corrected chi connectivity index (χ2v) is 11.3. The Hall–Kier alpha value is -4.20. The number of carbonyl (C=O) groups is 1. The van der Waals surface area contributed by atoms with Crippen LogP contribution in [0.3, 0.4) is 0 Å². The fraction of sp³-hybridized carbons (Fsp3) is 0.185. The molecule has 0 aliphatic carbocycles. The normalized spacial score (nSPS) is 15.8. The number of benzene rings is 2. The summed E-state index contributed by atoms with van der Waals surface area (Å²) in [7, 11) is -4.42. The zero-order valence-corrected chi connectivity index (χ0v) is 23.2. The molecule has 1 aliphatic rings. The zero-order valence-electron chi connectivity index (χ0n) is 21.6. The Morgan fingerprint density at radius 1 is 1.17 bits per heavy atom. The van der Waals surface area contributed by atoms with Gasteiger partial charge in [0.2, 0.25) is 5.91 Å². The van der Waals surface area contributed by atoms with Crippen molar-refractivity contribution in [1.29, 1.82) is 0 Å². The smallest absolute Gasteiger partial charge is 0.350 e. The Kier molecular flexibility index (Phi) is 7.36. The number of anilines is 1. The number of hydrogen-bond donors (Lipinski definition) is 1. The molecule has 1 amide bonds. The summed E-state index contributed by atoms with van der Waals surface area (Å²) in [5.41, 5.74) is -1.64. The van der Waals surface area contributed by atoms with Crippen molar-refractivity contribution in [3.05, 3.63) is 88.5 Å². The molecular formula is C27H23ClF2N6O4S. The first-order chi connectivity index (χ1) is 19.4. The highest BCUT2D eigenvalue weighted by Crippen LogP contribution is 2.37. The quantitative estimate of drug-likeness (QED) is 0.348. The van der Waals surface area contributed by atoms with E-state index in [1.54, 1.807) is 9.80 Å². The number of carbonyl (C=O) groups excluding carboxylic acids is 1. The van der Waals surface area contributed by atoms with Crippen LogP contribution in [0.2, 0.25) is 5.02 Å². The van der Waals surface area contributed by atoms with Gasteiger partial charge in [-0.1, -0.05) is 24.2 Å². The highest BCUT2D eigenvalue weighted by atomic mass is 35.5. The Balaban J connectivity index is 1.83. The highest BCUT2D eigenvalue weighted by molar-refractivity contribution is 7.89. The van der Waals surface area contributed by atoms with Gasteiger partial charge in [0.1, 0.15) is 17.5 Å². The van der Waals surface area contributed by atoms with Crippen LogP contribution in [0.25, 0.3) is 27.7 Å². The lowest BCUT2D eigenvalue weighted by atomic mass is 10.0. The van der Waals surface area contributed by atoms with E-state index < -0.39 is 32.4 Å². The lowest BCUT2D eigenvalue weighted by Crippen LogP contribution is -2.54. The van der Waals surface area contributed by atoms with E-state index in [0.717, 1.165) is 16.7 Å². The molecule has 0 saturated carbocycles. The van der Waals surface area contributed by atoms with Crippen LogP contribution in [0, 0.1) is 11.6 Å². The Morgan fingerprint density at radius 3 is 2.59 bits per heavy atom. The van der Waals surface area contributed by atoms with Gasteiger partial charge in [-0.3, -0.25) is 9.36 Å². The van der Waals surface area contributed by atoms with Gasteiger partial charge < -0.3 is 9.80 Å². The molecule has 212 valence electrons. The molecule has 1 atom stereocenters. The Bertz CT molecular complexity index is 1880. The molecule has 1 aliphatic heterocycles. The fourth-order valence-electron chi connectivity index (χ4n) is 5.00. The summed E-state index contributed by atoms with van der Waals surface area (Å²) in [4.78, 5) is 37.2. The minimum absolute atomic E-state index is 0.00502. The number of aromatic nitrogens is 3. The number of fused-ring (bicyclic) bond motifs is 1. The lowest BCUT2D eigenvalue weighted by molar-refractivity contribution is -0.126. The van der Waals surface area contributed by atoms with Crippen molar-refractivity contribution in [3.8, 4) is 16.8 Å². The first-order valence-electron chi connectivity index (χ1n) is 12.3. The van der Waals surface area contributed by atoms with Crippen LogP contribution in [0.15, 0.2) is 71.1 Å². The van der Waals surface area contributed by atoms with Crippen LogP contribution in [0.5, 0.6) is 0 Å². The van der Waals surface area contributed by atoms with E-state index in [9.17, 15) is 22.4 Å². The van der Waals surface area contributed by atoms with E-state index in [4.69, 9.17) is 16.7 Å². The topological polar surface area (TPSA) is 131 Å². The standard InChI is InChI=1S/C27H23ClF2N6O4S/c1-3-23(37)34-10-11-35(15(2)14-34)25-17-12-20(30)16(24-18(28)6-4-7-19(24)29)13-22(17)36(27(38)33-25)21-8-5-9-32-26(21)41(31,39)40/h3-9,12-13,15H,1,10-11,14H2,2H3,(H2,31,39,40)/t15-/m0/s1. The number of amides is 1. The van der Waals surface area contributed by atoms with E-state index in [-0.39, 0.29) is 70.1 Å². The van der Waals surface area contributed by atoms with Gasteiger partial charge in [0.15, 0.2) is 5.03 Å². The van der Waals surface area contributed by atoms with Gasteiger partial charge in [0.25, 0.3) is 10.0 Å². The maximum atomic E-state index is 15.8. The molecule has 10 nitrogen and oxygen atoms in total. The molecule has 4 aromatic rings. The van der Waals surface area contributed by atoms with Gasteiger partial charge in [-0.25, -0.2) is 32.1 Å². The van der Waals surface area contributed by atoms with Crippen molar-refractivity contribution in [1.82, 2.24) is 19.4 Å². The van der Waals surface area contributed by atoms with Crippen molar-refractivity contribution in [2.75, 3.05) is 24.5 Å². The molecule has 2 aromatic heterocycles. The molecule has 0 bridgehead atoms. The molecule has 0 radical (unpaired) electrons. The molecule has 1 fully saturated rings. The van der Waals surface area contributed by atoms with Crippen molar-refractivity contribution < 1.29 is 22.0 Å². The Morgan fingerprint density at radius 2 is 1.93 bits per heavy atom. The van der Waals surface area contributed by atoms with Crippen LogP contribution < -0.4 is 15.7 Å². The van der Waals surface area contributed by atoms with Gasteiger partial charge >= 0.3 is 5.69 Å². The fourth-order valence-corrected chi connectivity index (χ4v) is 5.92. The van der Waals surface area contributed by atoms with Crippen molar-refractivity contribution in [2.45, 2.75) is 18.0 Å². The average molecular weight is 601 g/mol. The van der Waals surface area contributed by atoms with Crippen LogP contribution in [0.1, 0.15) is 6.92 Å². The minimum Gasteiger partial charge on any atom is -0.350 e.